The zero-order valence-electron chi connectivity index (χ0n) is 22.7. The van der Waals surface area contributed by atoms with Crippen LogP contribution >= 0.6 is 0 Å². The first-order valence-corrected chi connectivity index (χ1v) is 13.7. The first kappa shape index (κ1) is 25.4. The molecule has 12 atom stereocenters. The molecule has 7 aliphatic rings. The second-order valence-electron chi connectivity index (χ2n) is 13.4. The summed E-state index contributed by atoms with van der Waals surface area (Å²) in [4.78, 5) is 54.7. The number of esters is 3. The number of allylic oxidation sites excluding steroid dienone is 2. The molecular weight excluding hydrogens is 508 g/mol. The minimum atomic E-state index is -2.32. The van der Waals surface area contributed by atoms with E-state index in [1.807, 2.05) is 6.08 Å². The zero-order valence-corrected chi connectivity index (χ0v) is 22.7. The van der Waals surface area contributed by atoms with Crippen molar-refractivity contribution in [3.63, 3.8) is 0 Å². The quantitative estimate of drug-likeness (QED) is 0.366. The van der Waals surface area contributed by atoms with Gasteiger partial charge >= 0.3 is 17.9 Å². The van der Waals surface area contributed by atoms with Crippen LogP contribution in [-0.2, 0) is 38.1 Å². The zero-order chi connectivity index (χ0) is 28.1. The maximum atomic E-state index is 14.1. The van der Waals surface area contributed by atoms with E-state index >= 15 is 0 Å². The molecule has 4 bridgehead atoms. The van der Waals surface area contributed by atoms with Crippen LogP contribution in [0.25, 0.3) is 0 Å². The Hall–Kier alpha value is -2.56. The number of carbonyl (C=O) groups is 4. The Balaban J connectivity index is 1.53. The molecule has 0 amide bonds. The van der Waals surface area contributed by atoms with Crippen molar-refractivity contribution >= 4 is 23.7 Å². The average Bonchev–Trinajstić information content (AvgIpc) is 3.23. The number of methoxy groups -OCH3 is 1. The fraction of sp³-hybridized carbons (Fsp3) is 0.724. The van der Waals surface area contributed by atoms with E-state index < -0.39 is 87.0 Å². The molecule has 0 aromatic rings. The van der Waals surface area contributed by atoms with Crippen LogP contribution in [0.2, 0.25) is 0 Å². The highest BCUT2D eigenvalue weighted by Gasteiger charge is 2.93. The molecule has 0 aromatic heterocycles. The lowest BCUT2D eigenvalue weighted by Crippen LogP contribution is -2.80. The molecule has 3 heterocycles. The van der Waals surface area contributed by atoms with Crippen molar-refractivity contribution in [1.82, 2.24) is 0 Å². The van der Waals surface area contributed by atoms with Crippen LogP contribution in [0.3, 0.4) is 0 Å². The minimum Gasteiger partial charge on any atom is -0.458 e. The van der Waals surface area contributed by atoms with E-state index in [9.17, 15) is 29.4 Å². The molecule has 3 aliphatic heterocycles. The van der Waals surface area contributed by atoms with Crippen LogP contribution in [-0.4, -0.2) is 75.6 Å². The fourth-order valence-electron chi connectivity index (χ4n) is 9.81. The summed E-state index contributed by atoms with van der Waals surface area (Å²) < 4.78 is 23.2. The Morgan fingerprint density at radius 1 is 1.05 bits per heavy atom. The maximum absolute atomic E-state index is 14.1. The van der Waals surface area contributed by atoms with Gasteiger partial charge in [-0.3, -0.25) is 9.59 Å². The second-order valence-corrected chi connectivity index (χ2v) is 13.4. The highest BCUT2D eigenvalue weighted by molar-refractivity contribution is 5.95. The van der Waals surface area contributed by atoms with Gasteiger partial charge in [0.1, 0.15) is 11.9 Å². The van der Waals surface area contributed by atoms with Gasteiger partial charge in [0.15, 0.2) is 11.2 Å². The Morgan fingerprint density at radius 3 is 2.46 bits per heavy atom. The predicted octanol–water partition coefficient (Wildman–Crippen LogP) is 1.16. The van der Waals surface area contributed by atoms with Gasteiger partial charge in [0.2, 0.25) is 11.2 Å². The lowest BCUT2D eigenvalue weighted by molar-refractivity contribution is -0.303. The van der Waals surface area contributed by atoms with Gasteiger partial charge in [0.05, 0.1) is 23.4 Å². The summed E-state index contributed by atoms with van der Waals surface area (Å²) >= 11 is 0. The molecule has 4 aliphatic carbocycles. The number of Topliss-reactive ketones (excluding diaryl/α,β-unsaturated/α-hetero) is 1. The lowest BCUT2D eigenvalue weighted by Gasteiger charge is -2.64. The lowest BCUT2D eigenvalue weighted by atomic mass is 9.40. The SMILES string of the molecule is CO[C@H]1C=C2C=C[C@@H]3[C@H](CC[C@]4(O)C(=O)O[C@@]5(C)[C@H]6C[C@](C)([C@H](C)C(=O)O6)[C@H]6[C@@]3(O)C(=O)O[C@@]654)[C@@]2(C)C(=O)C1. The molecule has 0 unspecified atom stereocenters. The first-order valence-electron chi connectivity index (χ1n) is 13.7. The molecule has 3 saturated heterocycles. The van der Waals surface area contributed by atoms with Crippen molar-refractivity contribution in [2.75, 3.05) is 7.11 Å². The van der Waals surface area contributed by atoms with E-state index in [0.717, 1.165) is 0 Å². The average molecular weight is 543 g/mol. The third-order valence-corrected chi connectivity index (χ3v) is 12.1. The molecular formula is C29H34O10. The van der Waals surface area contributed by atoms with Gasteiger partial charge in [-0.2, -0.15) is 0 Å². The predicted molar refractivity (Wildman–Crippen MR) is 130 cm³/mol. The summed E-state index contributed by atoms with van der Waals surface area (Å²) in [6.07, 6.45) is 4.32. The topological polar surface area (TPSA) is 146 Å². The third kappa shape index (κ3) is 2.37. The van der Waals surface area contributed by atoms with Crippen LogP contribution in [0, 0.1) is 34.5 Å². The number of fused-ring (bicyclic) bond motifs is 7. The third-order valence-electron chi connectivity index (χ3n) is 12.1. The van der Waals surface area contributed by atoms with Crippen LogP contribution in [0.5, 0.6) is 0 Å². The van der Waals surface area contributed by atoms with Crippen LogP contribution in [0.15, 0.2) is 23.8 Å². The van der Waals surface area contributed by atoms with Gasteiger partial charge in [-0.15, -0.1) is 0 Å². The van der Waals surface area contributed by atoms with Gasteiger partial charge in [-0.05, 0) is 50.0 Å². The molecule has 2 N–H and O–H groups in total. The Kier molecular flexibility index (Phi) is 4.57. The van der Waals surface area contributed by atoms with Crippen LogP contribution in [0.1, 0.15) is 53.4 Å². The first-order chi connectivity index (χ1) is 18.2. The number of hydrogen-bond acceptors (Lipinski definition) is 10. The molecule has 7 rings (SSSR count). The van der Waals surface area contributed by atoms with Crippen molar-refractivity contribution in [2.24, 2.45) is 34.5 Å². The van der Waals surface area contributed by atoms with Crippen molar-refractivity contribution in [3.8, 4) is 0 Å². The number of ketones is 1. The molecule has 0 radical (unpaired) electrons. The molecule has 0 aromatic carbocycles. The standard InChI is InChI=1S/C29H34O10/c1-13-20(31)37-19-12-24(13,2)21-28(35)17-7-6-14-10-15(36-5)11-18(30)25(14,3)16(17)8-9-27(34)22(32)38-26(19,4)29(21,27)39-23(28)33/h6-7,10,13,15-17,19,21,34-35H,8-9,11-12H2,1-5H3/t13-,15+,16+,17-,19-,21+,24-,25+,26+,27+,28-,29+/m1/s1. The summed E-state index contributed by atoms with van der Waals surface area (Å²) in [6, 6.07) is 0. The van der Waals surface area contributed by atoms with E-state index in [4.69, 9.17) is 18.9 Å². The number of hydrogen-bond donors (Lipinski definition) is 2. The normalized spacial score (nSPS) is 56.7. The smallest absolute Gasteiger partial charge is 0.343 e. The Bertz CT molecular complexity index is 1320. The molecule has 10 heteroatoms. The van der Waals surface area contributed by atoms with E-state index in [1.54, 1.807) is 32.9 Å². The Labute approximate surface area is 225 Å². The summed E-state index contributed by atoms with van der Waals surface area (Å²) in [5, 5.41) is 25.2. The van der Waals surface area contributed by atoms with Gasteiger partial charge in [-0.1, -0.05) is 32.1 Å². The summed E-state index contributed by atoms with van der Waals surface area (Å²) in [6.45, 7) is 6.79. The van der Waals surface area contributed by atoms with E-state index in [0.29, 0.717) is 5.57 Å². The van der Waals surface area contributed by atoms with Gasteiger partial charge in [-0.25, -0.2) is 9.59 Å². The van der Waals surface area contributed by atoms with Crippen molar-refractivity contribution in [1.29, 1.82) is 0 Å². The van der Waals surface area contributed by atoms with Crippen molar-refractivity contribution < 1.29 is 48.3 Å². The van der Waals surface area contributed by atoms with Crippen molar-refractivity contribution in [3.05, 3.63) is 23.8 Å². The van der Waals surface area contributed by atoms with Crippen molar-refractivity contribution in [2.45, 2.75) is 88.0 Å². The molecule has 2 saturated carbocycles. The van der Waals surface area contributed by atoms with Crippen LogP contribution in [0.4, 0.5) is 0 Å². The second kappa shape index (κ2) is 7.01. The molecule has 5 fully saturated rings. The highest BCUT2D eigenvalue weighted by atomic mass is 16.7. The van der Waals surface area contributed by atoms with Gasteiger partial charge in [0.25, 0.3) is 0 Å². The van der Waals surface area contributed by atoms with Gasteiger partial charge in [0, 0.05) is 19.4 Å². The van der Waals surface area contributed by atoms with E-state index in [2.05, 4.69) is 0 Å². The maximum Gasteiger partial charge on any atom is 0.343 e. The Morgan fingerprint density at radius 2 is 1.77 bits per heavy atom. The molecule has 210 valence electrons. The minimum absolute atomic E-state index is 0.108. The monoisotopic (exact) mass is 542 g/mol. The fourth-order valence-corrected chi connectivity index (χ4v) is 9.81. The van der Waals surface area contributed by atoms with E-state index in [-0.39, 0.29) is 31.5 Å². The number of ether oxygens (including phenoxy) is 4. The number of carbonyl (C=O) groups excluding carboxylic acids is 4. The van der Waals surface area contributed by atoms with E-state index in [1.165, 1.54) is 14.0 Å². The largest absolute Gasteiger partial charge is 0.458 e. The number of aliphatic hydroxyl groups is 2. The molecule has 1 spiro atoms. The summed E-state index contributed by atoms with van der Waals surface area (Å²) in [5.41, 5.74) is -9.80. The number of rotatable bonds is 1. The summed E-state index contributed by atoms with van der Waals surface area (Å²) in [7, 11) is 1.53. The highest BCUT2D eigenvalue weighted by Crippen LogP contribution is 2.74. The van der Waals surface area contributed by atoms with Gasteiger partial charge < -0.3 is 29.2 Å². The molecule has 39 heavy (non-hydrogen) atoms. The summed E-state index contributed by atoms with van der Waals surface area (Å²) in [5.74, 6) is -6.13. The van der Waals surface area contributed by atoms with Crippen LogP contribution < -0.4 is 0 Å². The molecule has 10 nitrogen and oxygen atoms in total.